The van der Waals surface area contributed by atoms with Gasteiger partial charge in [0, 0.05) is 23.7 Å². The highest BCUT2D eigenvalue weighted by molar-refractivity contribution is 7.13. The Morgan fingerprint density at radius 3 is 2.46 bits per heavy atom. The number of nitrogens with zero attached hydrogens (tertiary/aromatic N) is 1. The van der Waals surface area contributed by atoms with Crippen LogP contribution in [-0.2, 0) is 0 Å². The van der Waals surface area contributed by atoms with Crippen molar-refractivity contribution in [2.75, 3.05) is 24.9 Å². The number of amides is 2. The third-order valence-corrected chi connectivity index (χ3v) is 4.20. The Balaban J connectivity index is 1.90. The number of thiazole rings is 1. The number of urea groups is 1. The van der Waals surface area contributed by atoms with Crippen molar-refractivity contribution in [3.05, 3.63) is 53.5 Å². The van der Waals surface area contributed by atoms with Crippen LogP contribution < -0.4 is 24.8 Å². The van der Waals surface area contributed by atoms with Crippen molar-refractivity contribution in [3.8, 4) is 23.0 Å². The van der Waals surface area contributed by atoms with Crippen molar-refractivity contribution >= 4 is 28.2 Å². The van der Waals surface area contributed by atoms with Gasteiger partial charge in [-0.3, -0.25) is 5.32 Å². The van der Waals surface area contributed by atoms with Crippen LogP contribution in [-0.4, -0.2) is 25.2 Å². The monoisotopic (exact) mass is 407 g/mol. The third-order valence-electron chi connectivity index (χ3n) is 3.51. The standard InChI is InChI=1S/C18H15F2N3O4S/c1-25-13-4-3-5-14(16(13)26-2)27-15-9-11(20)10(19)8-12(15)22-17(24)23-18-21-6-7-28-18/h3-9H,1-2H3,(H2,21,22,23,24). The van der Waals surface area contributed by atoms with Crippen LogP contribution in [0.5, 0.6) is 23.0 Å². The summed E-state index contributed by atoms with van der Waals surface area (Å²) in [6.45, 7) is 0. The number of carbonyl (C=O) groups excluding carboxylic acids is 1. The van der Waals surface area contributed by atoms with Gasteiger partial charge in [0.15, 0.2) is 34.0 Å². The highest BCUT2D eigenvalue weighted by Gasteiger charge is 2.18. The Morgan fingerprint density at radius 1 is 1.04 bits per heavy atom. The molecule has 0 spiro atoms. The van der Waals surface area contributed by atoms with E-state index in [-0.39, 0.29) is 22.9 Å². The van der Waals surface area contributed by atoms with Crippen LogP contribution in [0, 0.1) is 11.6 Å². The molecule has 0 aliphatic rings. The molecule has 1 aromatic heterocycles. The summed E-state index contributed by atoms with van der Waals surface area (Å²) < 4.78 is 43.6. The van der Waals surface area contributed by atoms with Gasteiger partial charge in [0.1, 0.15) is 0 Å². The normalized spacial score (nSPS) is 10.3. The molecule has 0 saturated carbocycles. The third kappa shape index (κ3) is 4.29. The molecule has 0 bridgehead atoms. The van der Waals surface area contributed by atoms with Gasteiger partial charge in [0.25, 0.3) is 0 Å². The molecule has 2 N–H and O–H groups in total. The average Bonchev–Trinajstić information content (AvgIpc) is 3.18. The predicted molar refractivity (Wildman–Crippen MR) is 101 cm³/mol. The van der Waals surface area contributed by atoms with Crippen LogP contribution in [0.4, 0.5) is 24.4 Å². The Bertz CT molecular complexity index is 983. The van der Waals surface area contributed by atoms with Crippen LogP contribution in [0.3, 0.4) is 0 Å². The molecular weight excluding hydrogens is 392 g/mol. The molecule has 1 heterocycles. The molecule has 2 aromatic carbocycles. The Morgan fingerprint density at radius 2 is 1.79 bits per heavy atom. The minimum atomic E-state index is -1.14. The summed E-state index contributed by atoms with van der Waals surface area (Å²) in [6, 6.07) is 5.80. The summed E-state index contributed by atoms with van der Waals surface area (Å²) in [4.78, 5) is 16.0. The average molecular weight is 407 g/mol. The van der Waals surface area contributed by atoms with Crippen molar-refractivity contribution in [2.24, 2.45) is 0 Å². The lowest BCUT2D eigenvalue weighted by atomic mass is 10.2. The second-order valence-corrected chi connectivity index (χ2v) is 6.17. The smallest absolute Gasteiger partial charge is 0.325 e. The summed E-state index contributed by atoms with van der Waals surface area (Å²) in [6.07, 6.45) is 1.52. The first-order valence-corrected chi connectivity index (χ1v) is 8.75. The number of ether oxygens (including phenoxy) is 3. The number of benzene rings is 2. The number of methoxy groups -OCH3 is 2. The van der Waals surface area contributed by atoms with Crippen LogP contribution in [0.1, 0.15) is 0 Å². The van der Waals surface area contributed by atoms with Gasteiger partial charge in [0.05, 0.1) is 19.9 Å². The van der Waals surface area contributed by atoms with Gasteiger partial charge in [-0.15, -0.1) is 11.3 Å². The van der Waals surface area contributed by atoms with E-state index in [0.717, 1.165) is 12.1 Å². The molecule has 0 aliphatic carbocycles. The zero-order valence-corrected chi connectivity index (χ0v) is 15.6. The van der Waals surface area contributed by atoms with E-state index in [0.29, 0.717) is 10.9 Å². The molecule has 0 fully saturated rings. The molecule has 28 heavy (non-hydrogen) atoms. The lowest BCUT2D eigenvalue weighted by Gasteiger charge is -2.16. The largest absolute Gasteiger partial charge is 0.493 e. The highest BCUT2D eigenvalue weighted by Crippen LogP contribution is 2.41. The zero-order chi connectivity index (χ0) is 20.1. The number of hydrogen-bond donors (Lipinski definition) is 2. The summed E-state index contributed by atoms with van der Waals surface area (Å²) in [5, 5.41) is 6.92. The maximum Gasteiger partial charge on any atom is 0.325 e. The first-order valence-electron chi connectivity index (χ1n) is 7.87. The Hall–Kier alpha value is -3.40. The Labute approximate surface area is 162 Å². The van der Waals surface area contributed by atoms with E-state index in [1.807, 2.05) is 0 Å². The van der Waals surface area contributed by atoms with Gasteiger partial charge in [0.2, 0.25) is 5.75 Å². The fourth-order valence-electron chi connectivity index (χ4n) is 2.30. The lowest BCUT2D eigenvalue weighted by Crippen LogP contribution is -2.20. The molecule has 7 nitrogen and oxygen atoms in total. The minimum Gasteiger partial charge on any atom is -0.493 e. The molecule has 0 atom stereocenters. The van der Waals surface area contributed by atoms with Gasteiger partial charge in [-0.1, -0.05) is 6.07 Å². The summed E-state index contributed by atoms with van der Waals surface area (Å²) in [5.74, 6) is -1.57. The first-order chi connectivity index (χ1) is 13.5. The van der Waals surface area contributed by atoms with Crippen molar-refractivity contribution in [3.63, 3.8) is 0 Å². The van der Waals surface area contributed by atoms with Gasteiger partial charge in [-0.25, -0.2) is 18.6 Å². The van der Waals surface area contributed by atoms with Crippen molar-refractivity contribution in [2.45, 2.75) is 0 Å². The van der Waals surface area contributed by atoms with Gasteiger partial charge in [-0.2, -0.15) is 0 Å². The summed E-state index contributed by atoms with van der Waals surface area (Å²) in [7, 11) is 2.87. The van der Waals surface area contributed by atoms with E-state index in [9.17, 15) is 13.6 Å². The molecule has 10 heteroatoms. The fourth-order valence-corrected chi connectivity index (χ4v) is 2.83. The molecule has 3 rings (SSSR count). The number of rotatable bonds is 6. The quantitative estimate of drug-likeness (QED) is 0.609. The molecule has 2 amide bonds. The summed E-state index contributed by atoms with van der Waals surface area (Å²) >= 11 is 1.20. The Kier molecular flexibility index (Phi) is 5.90. The van der Waals surface area contributed by atoms with Crippen molar-refractivity contribution in [1.29, 1.82) is 0 Å². The van der Waals surface area contributed by atoms with E-state index in [2.05, 4.69) is 15.6 Å². The molecule has 146 valence electrons. The predicted octanol–water partition coefficient (Wildman–Crippen LogP) is 4.87. The maximum atomic E-state index is 13.8. The number of nitrogens with one attached hydrogen (secondary N) is 2. The van der Waals surface area contributed by atoms with Crippen LogP contribution in [0.15, 0.2) is 41.9 Å². The topological polar surface area (TPSA) is 81.7 Å². The highest BCUT2D eigenvalue weighted by atomic mass is 32.1. The van der Waals surface area contributed by atoms with Crippen LogP contribution in [0.2, 0.25) is 0 Å². The number of carbonyl (C=O) groups is 1. The number of halogens is 2. The number of para-hydroxylation sites is 1. The SMILES string of the molecule is COc1cccc(Oc2cc(F)c(F)cc2NC(=O)Nc2nccs2)c1OC. The van der Waals surface area contributed by atoms with E-state index in [4.69, 9.17) is 14.2 Å². The molecule has 0 saturated heterocycles. The molecule has 0 radical (unpaired) electrons. The van der Waals surface area contributed by atoms with E-state index >= 15 is 0 Å². The van der Waals surface area contributed by atoms with Gasteiger partial charge >= 0.3 is 6.03 Å². The zero-order valence-electron chi connectivity index (χ0n) is 14.8. The maximum absolute atomic E-state index is 13.8. The molecule has 0 unspecified atom stereocenters. The second-order valence-electron chi connectivity index (χ2n) is 5.27. The van der Waals surface area contributed by atoms with Crippen LogP contribution in [0.25, 0.3) is 0 Å². The molecule has 3 aromatic rings. The first kappa shape index (κ1) is 19.4. The molecular formula is C18H15F2N3O4S. The van der Waals surface area contributed by atoms with Crippen LogP contribution >= 0.6 is 11.3 Å². The van der Waals surface area contributed by atoms with Gasteiger partial charge < -0.3 is 19.5 Å². The number of anilines is 2. The number of aromatic nitrogens is 1. The van der Waals surface area contributed by atoms with E-state index in [1.165, 1.54) is 31.8 Å². The number of hydrogen-bond acceptors (Lipinski definition) is 6. The lowest BCUT2D eigenvalue weighted by molar-refractivity contribution is 0.262. The molecule has 0 aliphatic heterocycles. The van der Waals surface area contributed by atoms with E-state index < -0.39 is 17.7 Å². The van der Waals surface area contributed by atoms with Crippen molar-refractivity contribution in [1.82, 2.24) is 4.98 Å². The van der Waals surface area contributed by atoms with Gasteiger partial charge in [-0.05, 0) is 12.1 Å². The van der Waals surface area contributed by atoms with Crippen molar-refractivity contribution < 1.29 is 27.8 Å². The van der Waals surface area contributed by atoms with E-state index in [1.54, 1.807) is 23.6 Å². The summed E-state index contributed by atoms with van der Waals surface area (Å²) in [5.41, 5.74) is -0.0853. The second kappa shape index (κ2) is 8.53. The fraction of sp³-hybridized carbons (Fsp3) is 0.111. The minimum absolute atomic E-state index is 0.0853.